The van der Waals surface area contributed by atoms with Crippen LogP contribution in [0, 0.1) is 0 Å². The second-order valence-corrected chi connectivity index (χ2v) is 6.56. The molecule has 1 atom stereocenters. The zero-order chi connectivity index (χ0) is 14.9. The number of carbonyl (C=O) groups is 1. The molecule has 0 saturated carbocycles. The highest BCUT2D eigenvalue weighted by molar-refractivity contribution is 5.82. The van der Waals surface area contributed by atoms with Crippen molar-refractivity contribution in [3.63, 3.8) is 0 Å². The predicted molar refractivity (Wildman–Crippen MR) is 83.4 cm³/mol. The van der Waals surface area contributed by atoms with Crippen LogP contribution < -0.4 is 4.90 Å². The molecule has 0 aromatic heterocycles. The monoisotopic (exact) mass is 288 g/mol. The molecule has 2 saturated heterocycles. The Morgan fingerprint density at radius 1 is 1.24 bits per heavy atom. The zero-order valence-corrected chi connectivity index (χ0v) is 12.9. The second kappa shape index (κ2) is 5.68. The zero-order valence-electron chi connectivity index (χ0n) is 12.9. The molecule has 21 heavy (non-hydrogen) atoms. The maximum Gasteiger partial charge on any atom is 0.252 e. The number of hydrogen-bond acceptors (Lipinski definition) is 3. The molecule has 3 rings (SSSR count). The summed E-state index contributed by atoms with van der Waals surface area (Å²) in [5.74, 6) is 0.171. The van der Waals surface area contributed by atoms with E-state index in [2.05, 4.69) is 43.0 Å². The van der Waals surface area contributed by atoms with Gasteiger partial charge in [0.2, 0.25) is 0 Å². The van der Waals surface area contributed by atoms with Crippen LogP contribution in [0.1, 0.15) is 26.7 Å². The van der Waals surface area contributed by atoms with Gasteiger partial charge < -0.3 is 14.5 Å². The highest BCUT2D eigenvalue weighted by atomic mass is 16.5. The Hall–Kier alpha value is -1.55. The standard InChI is InChI=1S/C17H24N2O2/c1-17(2)13-18(14-7-4-3-5-8-14)10-11-19(17)16(20)15-9-6-12-21-15/h3-5,7-8,15H,6,9-13H2,1-2H3. The maximum atomic E-state index is 12.6. The number of carbonyl (C=O) groups excluding carboxylic acids is 1. The number of para-hydroxylation sites is 1. The molecule has 0 aliphatic carbocycles. The van der Waals surface area contributed by atoms with Crippen LogP contribution >= 0.6 is 0 Å². The molecule has 2 heterocycles. The van der Waals surface area contributed by atoms with Gasteiger partial charge in [-0.15, -0.1) is 0 Å². The summed E-state index contributed by atoms with van der Waals surface area (Å²) in [5, 5.41) is 0. The van der Waals surface area contributed by atoms with E-state index in [9.17, 15) is 4.79 Å². The molecule has 0 radical (unpaired) electrons. The fourth-order valence-electron chi connectivity index (χ4n) is 3.37. The first-order valence-corrected chi connectivity index (χ1v) is 7.81. The summed E-state index contributed by atoms with van der Waals surface area (Å²) in [4.78, 5) is 17.0. The summed E-state index contributed by atoms with van der Waals surface area (Å²) < 4.78 is 5.57. The quantitative estimate of drug-likeness (QED) is 0.837. The average Bonchev–Trinajstić information content (AvgIpc) is 3.01. The molecule has 1 amide bonds. The van der Waals surface area contributed by atoms with Crippen LogP contribution in [-0.4, -0.2) is 48.7 Å². The van der Waals surface area contributed by atoms with E-state index in [0.29, 0.717) is 0 Å². The Morgan fingerprint density at radius 3 is 2.62 bits per heavy atom. The third kappa shape index (κ3) is 2.91. The van der Waals surface area contributed by atoms with Crippen LogP contribution in [0.15, 0.2) is 30.3 Å². The topological polar surface area (TPSA) is 32.8 Å². The Labute approximate surface area is 126 Å². The highest BCUT2D eigenvalue weighted by Crippen LogP contribution is 2.27. The van der Waals surface area contributed by atoms with Gasteiger partial charge in [-0.2, -0.15) is 0 Å². The number of hydrogen-bond donors (Lipinski definition) is 0. The lowest BCUT2D eigenvalue weighted by Crippen LogP contribution is -2.62. The SMILES string of the molecule is CC1(C)CN(c2ccccc2)CCN1C(=O)C1CCCO1. The van der Waals surface area contributed by atoms with Gasteiger partial charge in [0, 0.05) is 31.9 Å². The van der Waals surface area contributed by atoms with Crippen LogP contribution in [0.25, 0.3) is 0 Å². The lowest BCUT2D eigenvalue weighted by Gasteiger charge is -2.48. The molecule has 1 unspecified atom stereocenters. The number of amides is 1. The van der Waals surface area contributed by atoms with E-state index in [4.69, 9.17) is 4.74 Å². The van der Waals surface area contributed by atoms with Crippen LogP contribution in [0.4, 0.5) is 5.69 Å². The smallest absolute Gasteiger partial charge is 0.252 e. The van der Waals surface area contributed by atoms with Gasteiger partial charge in [0.05, 0.1) is 5.54 Å². The lowest BCUT2D eigenvalue weighted by molar-refractivity contribution is -0.147. The molecule has 0 bridgehead atoms. The number of ether oxygens (including phenoxy) is 1. The highest BCUT2D eigenvalue weighted by Gasteiger charge is 2.40. The number of nitrogens with zero attached hydrogens (tertiary/aromatic N) is 2. The van der Waals surface area contributed by atoms with Gasteiger partial charge in [-0.25, -0.2) is 0 Å². The molecule has 1 aromatic rings. The molecule has 0 spiro atoms. The molecule has 4 nitrogen and oxygen atoms in total. The summed E-state index contributed by atoms with van der Waals surface area (Å²) in [6.45, 7) is 7.52. The Kier molecular flexibility index (Phi) is 3.89. The third-order valence-electron chi connectivity index (χ3n) is 4.49. The summed E-state index contributed by atoms with van der Waals surface area (Å²) in [5.41, 5.74) is 1.06. The van der Waals surface area contributed by atoms with Crippen molar-refractivity contribution in [3.05, 3.63) is 30.3 Å². The van der Waals surface area contributed by atoms with Gasteiger partial charge in [-0.3, -0.25) is 4.79 Å². The van der Waals surface area contributed by atoms with E-state index in [0.717, 1.165) is 39.1 Å². The first-order chi connectivity index (χ1) is 10.1. The molecule has 2 fully saturated rings. The summed E-state index contributed by atoms with van der Waals surface area (Å²) in [7, 11) is 0. The minimum atomic E-state index is -0.215. The van der Waals surface area contributed by atoms with Gasteiger partial charge in [0.1, 0.15) is 6.10 Å². The number of anilines is 1. The lowest BCUT2D eigenvalue weighted by atomic mass is 9.97. The molecule has 114 valence electrons. The van der Waals surface area contributed by atoms with Crippen molar-refractivity contribution < 1.29 is 9.53 Å². The summed E-state index contributed by atoms with van der Waals surface area (Å²) >= 11 is 0. The van der Waals surface area contributed by atoms with Crippen molar-refractivity contribution >= 4 is 11.6 Å². The van der Waals surface area contributed by atoms with E-state index < -0.39 is 0 Å². The third-order valence-corrected chi connectivity index (χ3v) is 4.49. The molecule has 4 heteroatoms. The van der Waals surface area contributed by atoms with Gasteiger partial charge in [-0.05, 0) is 38.8 Å². The van der Waals surface area contributed by atoms with Crippen molar-refractivity contribution in [3.8, 4) is 0 Å². The molecule has 2 aliphatic heterocycles. The van der Waals surface area contributed by atoms with E-state index >= 15 is 0 Å². The van der Waals surface area contributed by atoms with Crippen LogP contribution in [0.5, 0.6) is 0 Å². The van der Waals surface area contributed by atoms with Crippen molar-refractivity contribution in [1.29, 1.82) is 0 Å². The minimum Gasteiger partial charge on any atom is -0.368 e. The largest absolute Gasteiger partial charge is 0.368 e. The van der Waals surface area contributed by atoms with Crippen molar-refractivity contribution in [1.82, 2.24) is 4.90 Å². The summed E-state index contributed by atoms with van der Waals surface area (Å²) in [6.07, 6.45) is 1.65. The fraction of sp³-hybridized carbons (Fsp3) is 0.588. The van der Waals surface area contributed by atoms with Crippen LogP contribution in [0.2, 0.25) is 0 Å². The molecule has 2 aliphatic rings. The molecular formula is C17H24N2O2. The van der Waals surface area contributed by atoms with Gasteiger partial charge in [0.15, 0.2) is 0 Å². The van der Waals surface area contributed by atoms with E-state index in [-0.39, 0.29) is 17.6 Å². The Balaban J connectivity index is 1.71. The van der Waals surface area contributed by atoms with Gasteiger partial charge in [-0.1, -0.05) is 18.2 Å². The minimum absolute atomic E-state index is 0.170. The van der Waals surface area contributed by atoms with Crippen LogP contribution in [0.3, 0.4) is 0 Å². The van der Waals surface area contributed by atoms with Gasteiger partial charge in [0.25, 0.3) is 5.91 Å². The molecule has 0 N–H and O–H groups in total. The Bertz CT molecular complexity index is 495. The fourth-order valence-corrected chi connectivity index (χ4v) is 3.37. The number of rotatable bonds is 2. The number of benzene rings is 1. The van der Waals surface area contributed by atoms with Crippen molar-refractivity contribution in [2.75, 3.05) is 31.1 Å². The maximum absolute atomic E-state index is 12.6. The second-order valence-electron chi connectivity index (χ2n) is 6.56. The normalized spacial score (nSPS) is 25.1. The summed E-state index contributed by atoms with van der Waals surface area (Å²) in [6, 6.07) is 10.4. The number of piperazine rings is 1. The first kappa shape index (κ1) is 14.4. The Morgan fingerprint density at radius 2 is 2.00 bits per heavy atom. The van der Waals surface area contributed by atoms with Crippen molar-refractivity contribution in [2.24, 2.45) is 0 Å². The van der Waals surface area contributed by atoms with Crippen LogP contribution in [-0.2, 0) is 9.53 Å². The van der Waals surface area contributed by atoms with Crippen molar-refractivity contribution in [2.45, 2.75) is 38.3 Å². The van der Waals surface area contributed by atoms with E-state index in [1.54, 1.807) is 0 Å². The van der Waals surface area contributed by atoms with Gasteiger partial charge >= 0.3 is 0 Å². The predicted octanol–water partition coefficient (Wildman–Crippen LogP) is 2.29. The first-order valence-electron chi connectivity index (χ1n) is 7.81. The van der Waals surface area contributed by atoms with E-state index in [1.165, 1.54) is 5.69 Å². The van der Waals surface area contributed by atoms with E-state index in [1.807, 2.05) is 11.0 Å². The molecule has 1 aromatic carbocycles. The average molecular weight is 288 g/mol. The molecular weight excluding hydrogens is 264 g/mol.